The van der Waals surface area contributed by atoms with Crippen LogP contribution in [-0.4, -0.2) is 18.5 Å². The van der Waals surface area contributed by atoms with E-state index < -0.39 is 0 Å². The Hall–Kier alpha value is 0.150. The monoisotopic (exact) mass is 426 g/mol. The van der Waals surface area contributed by atoms with Crippen molar-refractivity contribution < 1.29 is 4.79 Å². The minimum atomic E-state index is 0. The highest BCUT2D eigenvalue weighted by atomic mass is 127. The van der Waals surface area contributed by atoms with Gasteiger partial charge in [0.1, 0.15) is 0 Å². The average molecular weight is 427 g/mol. The Morgan fingerprint density at radius 3 is 2.75 bits per heavy atom. The molecule has 20 heavy (non-hydrogen) atoms. The standard InChI is InChI=1S/C14H19IN2OS.ClH/c15-11-4-3-10(19-11)5-6-17-14(18)12-8-1-2-9(7-8)13(12)16;/h3-4,8-9,12-13H,1-2,5-7,16H2,(H,17,18);1H. The van der Waals surface area contributed by atoms with Gasteiger partial charge < -0.3 is 11.1 Å². The van der Waals surface area contributed by atoms with E-state index in [1.54, 1.807) is 11.3 Å². The smallest absolute Gasteiger partial charge is 0.224 e. The molecule has 1 amide bonds. The molecule has 1 heterocycles. The number of carbonyl (C=O) groups excluding carboxylic acids is 1. The van der Waals surface area contributed by atoms with Crippen molar-refractivity contribution in [3.63, 3.8) is 0 Å². The van der Waals surface area contributed by atoms with Crippen LogP contribution in [0, 0.1) is 20.6 Å². The van der Waals surface area contributed by atoms with E-state index in [1.165, 1.54) is 27.0 Å². The summed E-state index contributed by atoms with van der Waals surface area (Å²) in [7, 11) is 0. The third-order valence-corrected chi connectivity index (χ3v) is 6.54. The summed E-state index contributed by atoms with van der Waals surface area (Å²) in [5.74, 6) is 1.40. The van der Waals surface area contributed by atoms with Gasteiger partial charge in [0.15, 0.2) is 0 Å². The Balaban J connectivity index is 0.00000147. The zero-order valence-electron chi connectivity index (χ0n) is 11.2. The van der Waals surface area contributed by atoms with E-state index in [0.29, 0.717) is 11.8 Å². The Bertz CT molecular complexity index is 479. The summed E-state index contributed by atoms with van der Waals surface area (Å²) >= 11 is 4.12. The van der Waals surface area contributed by atoms with Crippen LogP contribution in [0.15, 0.2) is 12.1 Å². The van der Waals surface area contributed by atoms with E-state index in [2.05, 4.69) is 40.0 Å². The second-order valence-corrected chi connectivity index (χ2v) is 8.75. The molecule has 0 spiro atoms. The van der Waals surface area contributed by atoms with Gasteiger partial charge in [-0.25, -0.2) is 0 Å². The van der Waals surface area contributed by atoms with Crippen molar-refractivity contribution in [3.05, 3.63) is 19.9 Å². The number of nitrogens with two attached hydrogens (primary N) is 1. The van der Waals surface area contributed by atoms with E-state index in [-0.39, 0.29) is 30.3 Å². The third-order valence-electron chi connectivity index (χ3n) is 4.58. The van der Waals surface area contributed by atoms with Crippen molar-refractivity contribution in [2.24, 2.45) is 23.5 Å². The number of halogens is 2. The molecule has 1 aromatic rings. The lowest BCUT2D eigenvalue weighted by molar-refractivity contribution is -0.127. The minimum Gasteiger partial charge on any atom is -0.355 e. The molecule has 6 heteroatoms. The molecule has 1 aromatic heterocycles. The highest BCUT2D eigenvalue weighted by Crippen LogP contribution is 2.47. The highest BCUT2D eigenvalue weighted by Gasteiger charge is 2.48. The van der Waals surface area contributed by atoms with Crippen LogP contribution in [-0.2, 0) is 11.2 Å². The maximum absolute atomic E-state index is 12.3. The first kappa shape index (κ1) is 16.5. The Morgan fingerprint density at radius 2 is 2.15 bits per heavy atom. The fraction of sp³-hybridized carbons (Fsp3) is 0.643. The highest BCUT2D eigenvalue weighted by molar-refractivity contribution is 14.1. The molecule has 4 unspecified atom stereocenters. The van der Waals surface area contributed by atoms with Gasteiger partial charge in [0.05, 0.1) is 8.80 Å². The molecule has 2 saturated carbocycles. The van der Waals surface area contributed by atoms with Gasteiger partial charge in [-0.3, -0.25) is 4.79 Å². The summed E-state index contributed by atoms with van der Waals surface area (Å²) in [6.07, 6.45) is 4.51. The molecule has 0 saturated heterocycles. The number of rotatable bonds is 4. The fourth-order valence-electron chi connectivity index (χ4n) is 3.64. The van der Waals surface area contributed by atoms with Gasteiger partial charge in [0.25, 0.3) is 0 Å². The summed E-state index contributed by atoms with van der Waals surface area (Å²) < 4.78 is 1.30. The molecule has 2 bridgehead atoms. The van der Waals surface area contributed by atoms with E-state index in [4.69, 9.17) is 5.73 Å². The van der Waals surface area contributed by atoms with Crippen molar-refractivity contribution in [1.82, 2.24) is 5.32 Å². The van der Waals surface area contributed by atoms with Gasteiger partial charge in [-0.2, -0.15) is 0 Å². The maximum Gasteiger partial charge on any atom is 0.224 e. The molecule has 2 aliphatic carbocycles. The molecule has 0 aliphatic heterocycles. The number of carbonyl (C=O) groups is 1. The summed E-state index contributed by atoms with van der Waals surface area (Å²) in [4.78, 5) is 13.6. The number of thiophene rings is 1. The number of hydrogen-bond donors (Lipinski definition) is 2. The van der Waals surface area contributed by atoms with Gasteiger partial charge in [0, 0.05) is 17.5 Å². The van der Waals surface area contributed by atoms with Crippen LogP contribution in [0.1, 0.15) is 24.1 Å². The predicted octanol–water partition coefficient (Wildman–Crippen LogP) is 2.81. The average Bonchev–Trinajstić information content (AvgIpc) is 3.05. The quantitative estimate of drug-likeness (QED) is 0.728. The van der Waals surface area contributed by atoms with Crippen LogP contribution < -0.4 is 11.1 Å². The van der Waals surface area contributed by atoms with E-state index >= 15 is 0 Å². The SMILES string of the molecule is Cl.NC1C2CCC(C2)C1C(=O)NCCc1ccc(I)s1. The summed E-state index contributed by atoms with van der Waals surface area (Å²) in [5.41, 5.74) is 6.19. The normalized spacial score (nSPS) is 31.1. The molecule has 3 nitrogen and oxygen atoms in total. The summed E-state index contributed by atoms with van der Waals surface area (Å²) in [5, 5.41) is 3.08. The Kier molecular flexibility index (Phi) is 5.73. The first-order valence-corrected chi connectivity index (χ1v) is 8.82. The van der Waals surface area contributed by atoms with E-state index in [1.807, 2.05) is 0 Å². The van der Waals surface area contributed by atoms with Crippen molar-refractivity contribution >= 4 is 52.2 Å². The first-order valence-electron chi connectivity index (χ1n) is 6.92. The van der Waals surface area contributed by atoms with E-state index in [9.17, 15) is 4.79 Å². The molecule has 0 radical (unpaired) electrons. The Labute approximate surface area is 143 Å². The molecule has 4 atom stereocenters. The largest absolute Gasteiger partial charge is 0.355 e. The van der Waals surface area contributed by atoms with Crippen molar-refractivity contribution in [2.45, 2.75) is 31.7 Å². The van der Waals surface area contributed by atoms with Crippen LogP contribution in [0.25, 0.3) is 0 Å². The van der Waals surface area contributed by atoms with Crippen LogP contribution in [0.3, 0.4) is 0 Å². The molecule has 0 aromatic carbocycles. The first-order chi connectivity index (χ1) is 9.15. The lowest BCUT2D eigenvalue weighted by Gasteiger charge is -2.26. The number of nitrogens with one attached hydrogen (secondary N) is 1. The van der Waals surface area contributed by atoms with Gasteiger partial charge in [-0.15, -0.1) is 23.7 Å². The molecule has 2 fully saturated rings. The predicted molar refractivity (Wildman–Crippen MR) is 93.3 cm³/mol. The van der Waals surface area contributed by atoms with Crippen LogP contribution >= 0.6 is 46.3 Å². The number of hydrogen-bond acceptors (Lipinski definition) is 3. The van der Waals surface area contributed by atoms with Crippen molar-refractivity contribution in [2.75, 3.05) is 6.54 Å². The van der Waals surface area contributed by atoms with Crippen LogP contribution in [0.2, 0.25) is 0 Å². The molecular weight excluding hydrogens is 407 g/mol. The molecule has 3 N–H and O–H groups in total. The number of amides is 1. The zero-order valence-corrected chi connectivity index (χ0v) is 15.0. The molecular formula is C14H20ClIN2OS. The molecule has 112 valence electrons. The van der Waals surface area contributed by atoms with Gasteiger partial charge in [-0.05, 0) is 72.2 Å². The molecule has 3 rings (SSSR count). The Morgan fingerprint density at radius 1 is 1.40 bits per heavy atom. The second-order valence-electron chi connectivity index (χ2n) is 5.68. The maximum atomic E-state index is 12.3. The fourth-order valence-corrected chi connectivity index (χ4v) is 5.39. The summed E-state index contributed by atoms with van der Waals surface area (Å²) in [6, 6.07) is 4.36. The van der Waals surface area contributed by atoms with Gasteiger partial charge >= 0.3 is 0 Å². The van der Waals surface area contributed by atoms with Crippen molar-refractivity contribution in [3.8, 4) is 0 Å². The van der Waals surface area contributed by atoms with Crippen LogP contribution in [0.4, 0.5) is 0 Å². The van der Waals surface area contributed by atoms with E-state index in [0.717, 1.165) is 13.0 Å². The lowest BCUT2D eigenvalue weighted by atomic mass is 9.84. The molecule has 2 aliphatic rings. The second kappa shape index (κ2) is 6.94. The number of fused-ring (bicyclic) bond motifs is 2. The third kappa shape index (κ3) is 3.31. The zero-order chi connectivity index (χ0) is 13.4. The van der Waals surface area contributed by atoms with Crippen molar-refractivity contribution in [1.29, 1.82) is 0 Å². The topological polar surface area (TPSA) is 55.1 Å². The van der Waals surface area contributed by atoms with Gasteiger partial charge in [-0.1, -0.05) is 0 Å². The summed E-state index contributed by atoms with van der Waals surface area (Å²) in [6.45, 7) is 0.732. The minimum absolute atomic E-state index is 0. The van der Waals surface area contributed by atoms with Gasteiger partial charge in [0.2, 0.25) is 5.91 Å². The lowest BCUT2D eigenvalue weighted by Crippen LogP contribution is -2.45. The van der Waals surface area contributed by atoms with Crippen LogP contribution in [0.5, 0.6) is 0 Å².